The number of ether oxygens (including phenoxy) is 3. The van der Waals surface area contributed by atoms with E-state index in [1.54, 1.807) is 30.3 Å². The smallest absolute Gasteiger partial charge is 0.351 e. The highest BCUT2D eigenvalue weighted by Crippen LogP contribution is 2.35. The summed E-state index contributed by atoms with van der Waals surface area (Å²) in [6.07, 6.45) is -2.91. The van der Waals surface area contributed by atoms with Crippen LogP contribution in [-0.4, -0.2) is 54.8 Å². The van der Waals surface area contributed by atoms with Crippen LogP contribution >= 0.6 is 11.6 Å². The Morgan fingerprint density at radius 1 is 1.19 bits per heavy atom. The maximum atomic E-state index is 12.9. The number of aromatic nitrogens is 2. The van der Waals surface area contributed by atoms with Gasteiger partial charge in [0.15, 0.2) is 12.3 Å². The minimum absolute atomic E-state index is 0.120. The molecule has 0 aliphatic carbocycles. The molecule has 0 radical (unpaired) electrons. The Kier molecular flexibility index (Phi) is 8.84. The molecule has 14 heteroatoms. The summed E-state index contributed by atoms with van der Waals surface area (Å²) in [5, 5.41) is 0. The highest BCUT2D eigenvalue weighted by atomic mass is 35.5. The Morgan fingerprint density at radius 3 is 2.50 bits per heavy atom. The molecule has 12 nitrogen and oxygen atoms in total. The third-order valence-electron chi connectivity index (χ3n) is 5.01. The SMILES string of the molecule is CC(=O)OC[C@H]1O[C@@H](n2cc(C=CCl)c(N)nc2=O)[C@H](OC(C)=O)[C@H]1OS(=O)(=O)Cc1ccccc1. The lowest BCUT2D eigenvalue weighted by molar-refractivity contribution is -0.155. The molecule has 194 valence electrons. The van der Waals surface area contributed by atoms with E-state index in [-0.39, 0.29) is 11.4 Å². The van der Waals surface area contributed by atoms with E-state index in [0.717, 1.165) is 23.9 Å². The summed E-state index contributed by atoms with van der Waals surface area (Å²) in [6.45, 7) is 1.80. The minimum atomic E-state index is -4.26. The highest BCUT2D eigenvalue weighted by Gasteiger charge is 2.51. The first kappa shape index (κ1) is 27.3. The maximum absolute atomic E-state index is 12.9. The van der Waals surface area contributed by atoms with Crippen molar-refractivity contribution in [2.24, 2.45) is 0 Å². The average Bonchev–Trinajstić information content (AvgIpc) is 3.10. The number of nitrogens with two attached hydrogens (primary N) is 1. The number of anilines is 1. The highest BCUT2D eigenvalue weighted by molar-refractivity contribution is 7.85. The summed E-state index contributed by atoms with van der Waals surface area (Å²) in [4.78, 5) is 39.8. The van der Waals surface area contributed by atoms with Crippen molar-refractivity contribution < 1.29 is 36.4 Å². The fourth-order valence-electron chi connectivity index (χ4n) is 3.56. The van der Waals surface area contributed by atoms with Crippen LogP contribution in [0.5, 0.6) is 0 Å². The Morgan fingerprint density at radius 2 is 1.89 bits per heavy atom. The molecule has 36 heavy (non-hydrogen) atoms. The first-order chi connectivity index (χ1) is 17.0. The van der Waals surface area contributed by atoms with Crippen molar-refractivity contribution in [3.05, 3.63) is 63.7 Å². The van der Waals surface area contributed by atoms with Gasteiger partial charge in [0.1, 0.15) is 30.4 Å². The van der Waals surface area contributed by atoms with Gasteiger partial charge >= 0.3 is 17.6 Å². The van der Waals surface area contributed by atoms with Crippen LogP contribution < -0.4 is 11.4 Å². The number of carbonyl (C=O) groups excluding carboxylic acids is 2. The van der Waals surface area contributed by atoms with Crippen molar-refractivity contribution >= 4 is 45.6 Å². The number of halogens is 1. The van der Waals surface area contributed by atoms with Crippen molar-refractivity contribution in [1.82, 2.24) is 9.55 Å². The molecule has 2 N–H and O–H groups in total. The molecule has 0 amide bonds. The Bertz CT molecular complexity index is 1300. The minimum Gasteiger partial charge on any atom is -0.463 e. The van der Waals surface area contributed by atoms with E-state index in [1.165, 1.54) is 12.3 Å². The van der Waals surface area contributed by atoms with E-state index in [9.17, 15) is 22.8 Å². The second kappa shape index (κ2) is 11.6. The van der Waals surface area contributed by atoms with Crippen LogP contribution in [0, 0.1) is 0 Å². The molecule has 0 spiro atoms. The lowest BCUT2D eigenvalue weighted by atomic mass is 10.1. The van der Waals surface area contributed by atoms with Gasteiger partial charge in [0, 0.05) is 31.1 Å². The molecular formula is C22H24ClN3O9S. The van der Waals surface area contributed by atoms with Gasteiger partial charge in [0.05, 0.1) is 0 Å². The van der Waals surface area contributed by atoms with E-state index in [1.807, 2.05) is 0 Å². The molecular weight excluding hydrogens is 518 g/mol. The molecule has 4 atom stereocenters. The normalized spacial score (nSPS) is 22.0. The molecule has 1 saturated heterocycles. The number of nitrogens with zero attached hydrogens (tertiary/aromatic N) is 2. The van der Waals surface area contributed by atoms with Gasteiger partial charge in [-0.05, 0) is 11.6 Å². The summed E-state index contributed by atoms with van der Waals surface area (Å²) < 4.78 is 48.5. The van der Waals surface area contributed by atoms with Crippen molar-refractivity contribution in [3.63, 3.8) is 0 Å². The lowest BCUT2D eigenvalue weighted by Gasteiger charge is -2.24. The van der Waals surface area contributed by atoms with Gasteiger partial charge in [-0.1, -0.05) is 41.9 Å². The maximum Gasteiger partial charge on any atom is 0.351 e. The van der Waals surface area contributed by atoms with Crippen LogP contribution in [0.1, 0.15) is 31.2 Å². The molecule has 2 heterocycles. The van der Waals surface area contributed by atoms with Crippen molar-refractivity contribution in [2.45, 2.75) is 44.1 Å². The molecule has 2 aromatic rings. The molecule has 0 unspecified atom stereocenters. The monoisotopic (exact) mass is 541 g/mol. The molecule has 0 bridgehead atoms. The Labute approximate surface area is 211 Å². The summed E-state index contributed by atoms with van der Waals surface area (Å²) >= 11 is 5.63. The van der Waals surface area contributed by atoms with Crippen LogP contribution in [0.4, 0.5) is 5.82 Å². The summed E-state index contributed by atoms with van der Waals surface area (Å²) in [5.41, 5.74) is 6.72. The number of esters is 2. The lowest BCUT2D eigenvalue weighted by Crippen LogP contribution is -2.42. The van der Waals surface area contributed by atoms with Gasteiger partial charge in [-0.25, -0.2) is 4.79 Å². The van der Waals surface area contributed by atoms with Gasteiger partial charge in [0.2, 0.25) is 0 Å². The number of benzene rings is 1. The molecule has 1 aromatic carbocycles. The van der Waals surface area contributed by atoms with Crippen molar-refractivity contribution in [2.75, 3.05) is 12.3 Å². The molecule has 1 aliphatic heterocycles. The van der Waals surface area contributed by atoms with E-state index < -0.39 is 64.6 Å². The van der Waals surface area contributed by atoms with Gasteiger partial charge in [-0.2, -0.15) is 13.4 Å². The van der Waals surface area contributed by atoms with E-state index in [2.05, 4.69) is 4.98 Å². The quantitative estimate of drug-likeness (QED) is 0.359. The molecule has 0 saturated carbocycles. The van der Waals surface area contributed by atoms with Crippen molar-refractivity contribution in [3.8, 4) is 0 Å². The number of hydrogen-bond acceptors (Lipinski definition) is 11. The van der Waals surface area contributed by atoms with Crippen LogP contribution in [0.3, 0.4) is 0 Å². The van der Waals surface area contributed by atoms with E-state index in [4.69, 9.17) is 35.7 Å². The van der Waals surface area contributed by atoms with Gasteiger partial charge in [-0.15, -0.1) is 0 Å². The number of hydrogen-bond donors (Lipinski definition) is 1. The third kappa shape index (κ3) is 6.91. The zero-order chi connectivity index (χ0) is 26.5. The standard InChI is InChI=1S/C22H24ClN3O9S/c1-13(27)32-11-17-18(35-36(30,31)12-15-6-4-3-5-7-15)19(33-14(2)28)21(34-17)26-10-16(8-9-23)20(24)25-22(26)29/h3-10,17-19,21H,11-12H2,1-2H3,(H2,24,25,29)/t17-,18+,19-,21-/m1/s1. The van der Waals surface area contributed by atoms with Crippen molar-refractivity contribution in [1.29, 1.82) is 0 Å². The predicted molar refractivity (Wildman–Crippen MR) is 128 cm³/mol. The third-order valence-corrected chi connectivity index (χ3v) is 6.34. The zero-order valence-corrected chi connectivity index (χ0v) is 20.8. The first-order valence-electron chi connectivity index (χ1n) is 10.6. The largest absolute Gasteiger partial charge is 0.463 e. The summed E-state index contributed by atoms with van der Waals surface area (Å²) in [5.74, 6) is -2.08. The number of nitrogen functional groups attached to an aromatic ring is 1. The fraction of sp³-hybridized carbons (Fsp3) is 0.364. The van der Waals surface area contributed by atoms with Gasteiger partial charge < -0.3 is 19.9 Å². The Balaban J connectivity index is 2.03. The Hall–Kier alpha value is -3.26. The number of carbonyl (C=O) groups is 2. The average molecular weight is 542 g/mol. The topological polar surface area (TPSA) is 166 Å². The molecule has 1 aliphatic rings. The molecule has 1 fully saturated rings. The van der Waals surface area contributed by atoms with Crippen LogP contribution in [-0.2, 0) is 43.9 Å². The fourth-order valence-corrected chi connectivity index (χ4v) is 4.93. The number of rotatable bonds is 9. The zero-order valence-electron chi connectivity index (χ0n) is 19.3. The van der Waals surface area contributed by atoms with Crippen LogP contribution in [0.25, 0.3) is 6.08 Å². The van der Waals surface area contributed by atoms with E-state index in [0.29, 0.717) is 5.56 Å². The summed E-state index contributed by atoms with van der Waals surface area (Å²) in [7, 11) is -4.26. The van der Waals surface area contributed by atoms with Gasteiger partial charge in [-0.3, -0.25) is 18.3 Å². The molecule has 3 rings (SSSR count). The summed E-state index contributed by atoms with van der Waals surface area (Å²) in [6, 6.07) is 8.25. The second-order valence-electron chi connectivity index (χ2n) is 7.75. The predicted octanol–water partition coefficient (Wildman–Crippen LogP) is 1.34. The molecule has 1 aromatic heterocycles. The van der Waals surface area contributed by atoms with Crippen LogP contribution in [0.15, 0.2) is 46.9 Å². The van der Waals surface area contributed by atoms with Crippen LogP contribution in [0.2, 0.25) is 0 Å². The second-order valence-corrected chi connectivity index (χ2v) is 9.60. The van der Waals surface area contributed by atoms with Gasteiger partial charge in [0.25, 0.3) is 10.1 Å². The first-order valence-corrected chi connectivity index (χ1v) is 12.6. The van der Waals surface area contributed by atoms with E-state index >= 15 is 0 Å².